The second-order valence-corrected chi connectivity index (χ2v) is 6.12. The van der Waals surface area contributed by atoms with E-state index in [1.54, 1.807) is 0 Å². The lowest BCUT2D eigenvalue weighted by atomic mass is 10.0. The van der Waals surface area contributed by atoms with Crippen molar-refractivity contribution in [3.63, 3.8) is 0 Å². The van der Waals surface area contributed by atoms with Crippen LogP contribution in [0, 0.1) is 13.8 Å². The molecule has 1 aliphatic rings. The molecule has 0 atom stereocenters. The Labute approximate surface area is 127 Å². The molecule has 1 heterocycles. The van der Waals surface area contributed by atoms with E-state index < -0.39 is 0 Å². The van der Waals surface area contributed by atoms with Crippen molar-refractivity contribution in [3.05, 3.63) is 59.7 Å². The summed E-state index contributed by atoms with van der Waals surface area (Å²) in [4.78, 5) is 2.49. The fourth-order valence-corrected chi connectivity index (χ4v) is 3.21. The number of piperidine rings is 1. The van der Waals surface area contributed by atoms with Gasteiger partial charge in [0.1, 0.15) is 0 Å². The Morgan fingerprint density at radius 2 is 1.52 bits per heavy atom. The molecule has 2 aromatic rings. The van der Waals surface area contributed by atoms with Gasteiger partial charge in [-0.3, -0.25) is 0 Å². The third-order valence-corrected chi connectivity index (χ3v) is 4.21. The van der Waals surface area contributed by atoms with E-state index in [4.69, 9.17) is 0 Å². The van der Waals surface area contributed by atoms with Gasteiger partial charge in [0.2, 0.25) is 0 Å². The number of aryl methyl sites for hydroxylation is 2. The molecule has 110 valence electrons. The topological polar surface area (TPSA) is 15.3 Å². The molecule has 0 bridgehead atoms. The lowest BCUT2D eigenvalue weighted by Crippen LogP contribution is -2.39. The van der Waals surface area contributed by atoms with Crippen LogP contribution in [-0.4, -0.2) is 19.1 Å². The molecule has 2 nitrogen and oxygen atoms in total. The van der Waals surface area contributed by atoms with Crippen molar-refractivity contribution in [1.29, 1.82) is 0 Å². The van der Waals surface area contributed by atoms with Gasteiger partial charge in [0.05, 0.1) is 0 Å². The first-order valence-electron chi connectivity index (χ1n) is 7.85. The number of rotatable bonds is 3. The largest absolute Gasteiger partial charge is 0.382 e. The van der Waals surface area contributed by atoms with Gasteiger partial charge in [0.15, 0.2) is 0 Å². The monoisotopic (exact) mass is 280 g/mol. The summed E-state index contributed by atoms with van der Waals surface area (Å²) in [7, 11) is 0. The third-order valence-electron chi connectivity index (χ3n) is 4.21. The molecule has 1 fully saturated rings. The maximum absolute atomic E-state index is 3.71. The van der Waals surface area contributed by atoms with E-state index >= 15 is 0 Å². The van der Waals surface area contributed by atoms with Crippen LogP contribution < -0.4 is 10.2 Å². The van der Waals surface area contributed by atoms with Crippen molar-refractivity contribution in [1.82, 2.24) is 0 Å². The summed E-state index contributed by atoms with van der Waals surface area (Å²) in [6, 6.07) is 18.0. The van der Waals surface area contributed by atoms with Crippen LogP contribution in [0.5, 0.6) is 0 Å². The maximum atomic E-state index is 3.71. The van der Waals surface area contributed by atoms with Crippen LogP contribution in [-0.2, 0) is 0 Å². The minimum Gasteiger partial charge on any atom is -0.382 e. The smallest absolute Gasteiger partial charge is 0.0366 e. The zero-order chi connectivity index (χ0) is 14.7. The predicted molar refractivity (Wildman–Crippen MR) is 91.2 cm³/mol. The van der Waals surface area contributed by atoms with Gasteiger partial charge in [-0.2, -0.15) is 0 Å². The average Bonchev–Trinajstić information content (AvgIpc) is 2.48. The molecule has 1 saturated heterocycles. The predicted octanol–water partition coefficient (Wildman–Crippen LogP) is 4.38. The fourth-order valence-electron chi connectivity index (χ4n) is 3.21. The van der Waals surface area contributed by atoms with E-state index in [0.29, 0.717) is 6.04 Å². The molecule has 3 rings (SSSR count). The molecular formula is C19H24N2. The number of nitrogens with one attached hydrogen (secondary N) is 1. The molecule has 0 saturated carbocycles. The summed E-state index contributed by atoms with van der Waals surface area (Å²) in [5.74, 6) is 0. The van der Waals surface area contributed by atoms with Gasteiger partial charge < -0.3 is 10.2 Å². The molecule has 0 spiro atoms. The molecule has 2 heteroatoms. The number of nitrogens with zero attached hydrogens (tertiary/aromatic N) is 1. The third kappa shape index (κ3) is 3.57. The van der Waals surface area contributed by atoms with Crippen molar-refractivity contribution in [3.8, 4) is 0 Å². The zero-order valence-corrected chi connectivity index (χ0v) is 13.0. The summed E-state index contributed by atoms with van der Waals surface area (Å²) in [5, 5.41) is 3.71. The number of para-hydroxylation sites is 1. The Kier molecular flexibility index (Phi) is 4.14. The molecule has 2 aromatic carbocycles. The molecule has 0 aromatic heterocycles. The van der Waals surface area contributed by atoms with Gasteiger partial charge in [-0.15, -0.1) is 0 Å². The van der Waals surface area contributed by atoms with E-state index in [-0.39, 0.29) is 0 Å². The Morgan fingerprint density at radius 1 is 0.905 bits per heavy atom. The molecule has 0 amide bonds. The zero-order valence-electron chi connectivity index (χ0n) is 13.0. The number of anilines is 2. The van der Waals surface area contributed by atoms with Gasteiger partial charge in [-0.25, -0.2) is 0 Å². The minimum atomic E-state index is 0.589. The summed E-state index contributed by atoms with van der Waals surface area (Å²) < 4.78 is 0. The Balaban J connectivity index is 1.58. The van der Waals surface area contributed by atoms with Gasteiger partial charge in [-0.1, -0.05) is 24.3 Å². The SMILES string of the molecule is Cc1cc(C)cc(NC2CCN(c3ccccc3)CC2)c1. The van der Waals surface area contributed by atoms with E-state index in [9.17, 15) is 0 Å². The van der Waals surface area contributed by atoms with Crippen LogP contribution in [0.3, 0.4) is 0 Å². The van der Waals surface area contributed by atoms with E-state index in [1.165, 1.54) is 35.3 Å². The van der Waals surface area contributed by atoms with Crippen LogP contribution >= 0.6 is 0 Å². The lowest BCUT2D eigenvalue weighted by Gasteiger charge is -2.34. The second-order valence-electron chi connectivity index (χ2n) is 6.12. The van der Waals surface area contributed by atoms with Gasteiger partial charge in [-0.05, 0) is 62.1 Å². The van der Waals surface area contributed by atoms with Crippen molar-refractivity contribution in [2.45, 2.75) is 32.7 Å². The summed E-state index contributed by atoms with van der Waals surface area (Å²) in [6.45, 7) is 6.59. The van der Waals surface area contributed by atoms with Gasteiger partial charge >= 0.3 is 0 Å². The summed E-state index contributed by atoms with van der Waals surface area (Å²) >= 11 is 0. The summed E-state index contributed by atoms with van der Waals surface area (Å²) in [5.41, 5.74) is 5.28. The highest BCUT2D eigenvalue weighted by molar-refractivity contribution is 5.50. The van der Waals surface area contributed by atoms with E-state index in [2.05, 4.69) is 72.6 Å². The standard InChI is InChI=1S/C19H24N2/c1-15-12-16(2)14-18(13-15)20-17-8-10-21(11-9-17)19-6-4-3-5-7-19/h3-7,12-14,17,20H,8-11H2,1-2H3. The minimum absolute atomic E-state index is 0.589. The van der Waals surface area contributed by atoms with Crippen LogP contribution in [0.25, 0.3) is 0 Å². The number of benzene rings is 2. The average molecular weight is 280 g/mol. The molecule has 0 radical (unpaired) electrons. The van der Waals surface area contributed by atoms with E-state index in [1.807, 2.05) is 0 Å². The van der Waals surface area contributed by atoms with Gasteiger partial charge in [0.25, 0.3) is 0 Å². The van der Waals surface area contributed by atoms with Gasteiger partial charge in [0, 0.05) is 30.5 Å². The second kappa shape index (κ2) is 6.21. The lowest BCUT2D eigenvalue weighted by molar-refractivity contribution is 0.527. The number of hydrogen-bond acceptors (Lipinski definition) is 2. The molecule has 0 aliphatic carbocycles. The highest BCUT2D eigenvalue weighted by Gasteiger charge is 2.19. The summed E-state index contributed by atoms with van der Waals surface area (Å²) in [6.07, 6.45) is 2.39. The van der Waals surface area contributed by atoms with Crippen molar-refractivity contribution >= 4 is 11.4 Å². The Hall–Kier alpha value is -1.96. The molecule has 1 aliphatic heterocycles. The highest BCUT2D eigenvalue weighted by Crippen LogP contribution is 2.22. The quantitative estimate of drug-likeness (QED) is 0.897. The highest BCUT2D eigenvalue weighted by atomic mass is 15.1. The maximum Gasteiger partial charge on any atom is 0.0366 e. The normalized spacial score (nSPS) is 16.0. The Bertz CT molecular complexity index is 564. The first kappa shape index (κ1) is 14.0. The molecule has 21 heavy (non-hydrogen) atoms. The van der Waals surface area contributed by atoms with Crippen LogP contribution in [0.1, 0.15) is 24.0 Å². The fraction of sp³-hybridized carbons (Fsp3) is 0.368. The van der Waals surface area contributed by atoms with Crippen molar-refractivity contribution in [2.24, 2.45) is 0 Å². The van der Waals surface area contributed by atoms with Crippen molar-refractivity contribution < 1.29 is 0 Å². The molecular weight excluding hydrogens is 256 g/mol. The van der Waals surface area contributed by atoms with Crippen molar-refractivity contribution in [2.75, 3.05) is 23.3 Å². The first-order valence-corrected chi connectivity index (χ1v) is 7.85. The van der Waals surface area contributed by atoms with Crippen LogP contribution in [0.15, 0.2) is 48.5 Å². The molecule has 1 N–H and O–H groups in total. The van der Waals surface area contributed by atoms with E-state index in [0.717, 1.165) is 13.1 Å². The number of hydrogen-bond donors (Lipinski definition) is 1. The molecule has 0 unspecified atom stereocenters. The Morgan fingerprint density at radius 3 is 2.14 bits per heavy atom. The van der Waals surface area contributed by atoms with Crippen LogP contribution in [0.4, 0.5) is 11.4 Å². The van der Waals surface area contributed by atoms with Crippen LogP contribution in [0.2, 0.25) is 0 Å². The first-order chi connectivity index (χ1) is 10.2.